The number of para-hydroxylation sites is 1. The molecule has 152 valence electrons. The van der Waals surface area contributed by atoms with Crippen molar-refractivity contribution in [3.63, 3.8) is 0 Å². The van der Waals surface area contributed by atoms with Crippen LogP contribution in [0.4, 0.5) is 5.13 Å². The van der Waals surface area contributed by atoms with Gasteiger partial charge in [-0.1, -0.05) is 35.6 Å². The molecule has 1 aromatic heterocycles. The van der Waals surface area contributed by atoms with E-state index in [9.17, 15) is 4.79 Å². The quantitative estimate of drug-likeness (QED) is 0.647. The van der Waals surface area contributed by atoms with Crippen LogP contribution in [0.3, 0.4) is 0 Å². The predicted octanol–water partition coefficient (Wildman–Crippen LogP) is 2.26. The third kappa shape index (κ3) is 4.58. The van der Waals surface area contributed by atoms with Crippen LogP contribution >= 0.6 is 11.3 Å². The average Bonchev–Trinajstić information content (AvgIpc) is 3.20. The fourth-order valence-corrected chi connectivity index (χ4v) is 4.51. The minimum Gasteiger partial charge on any atom is -0.492 e. The highest BCUT2D eigenvalue weighted by atomic mass is 32.1. The lowest BCUT2D eigenvalue weighted by atomic mass is 10.2. The number of amides is 1. The normalized spacial score (nSPS) is 14.8. The van der Waals surface area contributed by atoms with Gasteiger partial charge in [0.1, 0.15) is 24.4 Å². The summed E-state index contributed by atoms with van der Waals surface area (Å²) in [6, 6.07) is 15.3. The number of aromatic nitrogens is 1. The SMILES string of the molecule is CCOc1cccc2sc(N(CC[NH+]3CCOCC3)C(=O)c3ccccc3)nc12. The van der Waals surface area contributed by atoms with Crippen LogP contribution in [0.1, 0.15) is 17.3 Å². The Bertz CT molecular complexity index is 954. The van der Waals surface area contributed by atoms with Gasteiger partial charge in [-0.15, -0.1) is 0 Å². The second kappa shape index (κ2) is 9.35. The molecule has 2 heterocycles. The zero-order valence-electron chi connectivity index (χ0n) is 16.6. The molecule has 0 bridgehead atoms. The third-order valence-corrected chi connectivity index (χ3v) is 6.10. The molecule has 0 spiro atoms. The van der Waals surface area contributed by atoms with Crippen molar-refractivity contribution in [3.05, 3.63) is 54.1 Å². The van der Waals surface area contributed by atoms with Crippen molar-refractivity contribution in [2.24, 2.45) is 0 Å². The fourth-order valence-electron chi connectivity index (χ4n) is 3.50. The van der Waals surface area contributed by atoms with E-state index in [1.807, 2.05) is 60.4 Å². The van der Waals surface area contributed by atoms with Crippen molar-refractivity contribution < 1.29 is 19.2 Å². The van der Waals surface area contributed by atoms with E-state index >= 15 is 0 Å². The Morgan fingerprint density at radius 3 is 2.72 bits per heavy atom. The van der Waals surface area contributed by atoms with E-state index in [0.717, 1.165) is 48.8 Å². The maximum absolute atomic E-state index is 13.3. The molecule has 0 saturated carbocycles. The second-order valence-corrected chi connectivity index (χ2v) is 7.98. The number of nitrogens with one attached hydrogen (secondary N) is 1. The summed E-state index contributed by atoms with van der Waals surface area (Å²) in [4.78, 5) is 21.4. The van der Waals surface area contributed by atoms with Crippen molar-refractivity contribution in [2.75, 3.05) is 50.9 Å². The van der Waals surface area contributed by atoms with Gasteiger partial charge in [0, 0.05) is 5.56 Å². The van der Waals surface area contributed by atoms with Crippen molar-refractivity contribution in [2.45, 2.75) is 6.92 Å². The number of rotatable bonds is 7. The molecule has 7 heteroatoms. The Morgan fingerprint density at radius 2 is 1.97 bits per heavy atom. The van der Waals surface area contributed by atoms with Crippen LogP contribution in [0.5, 0.6) is 5.75 Å². The van der Waals surface area contributed by atoms with Crippen LogP contribution in [0.2, 0.25) is 0 Å². The number of quaternary nitrogens is 1. The molecule has 0 atom stereocenters. The molecule has 1 fully saturated rings. The Morgan fingerprint density at radius 1 is 1.17 bits per heavy atom. The van der Waals surface area contributed by atoms with E-state index in [0.29, 0.717) is 23.8 Å². The zero-order chi connectivity index (χ0) is 20.1. The molecule has 6 nitrogen and oxygen atoms in total. The molecule has 2 aromatic carbocycles. The molecular weight excluding hydrogens is 386 g/mol. The number of carbonyl (C=O) groups is 1. The summed E-state index contributed by atoms with van der Waals surface area (Å²) in [5.41, 5.74) is 1.49. The fraction of sp³-hybridized carbons (Fsp3) is 0.364. The van der Waals surface area contributed by atoms with Gasteiger partial charge < -0.3 is 14.4 Å². The summed E-state index contributed by atoms with van der Waals surface area (Å²) in [5.74, 6) is 0.744. The highest BCUT2D eigenvalue weighted by Gasteiger charge is 2.24. The molecule has 0 radical (unpaired) electrons. The number of anilines is 1. The molecule has 3 aromatic rings. The van der Waals surface area contributed by atoms with E-state index < -0.39 is 0 Å². The first kappa shape index (κ1) is 19.8. The Labute approximate surface area is 174 Å². The number of fused-ring (bicyclic) bond motifs is 1. The second-order valence-electron chi connectivity index (χ2n) is 6.97. The summed E-state index contributed by atoms with van der Waals surface area (Å²) < 4.78 is 12.2. The minimum absolute atomic E-state index is 0.0183. The first-order valence-electron chi connectivity index (χ1n) is 10.1. The number of benzene rings is 2. The van der Waals surface area contributed by atoms with E-state index in [1.54, 1.807) is 0 Å². The van der Waals surface area contributed by atoms with Crippen molar-refractivity contribution >= 4 is 32.6 Å². The lowest BCUT2D eigenvalue weighted by molar-refractivity contribution is -0.906. The van der Waals surface area contributed by atoms with Gasteiger partial charge in [0.25, 0.3) is 5.91 Å². The topological polar surface area (TPSA) is 56.1 Å². The monoisotopic (exact) mass is 412 g/mol. The highest BCUT2D eigenvalue weighted by molar-refractivity contribution is 7.22. The Balaban J connectivity index is 1.64. The maximum Gasteiger partial charge on any atom is 0.260 e. The van der Waals surface area contributed by atoms with Crippen LogP contribution in [0.25, 0.3) is 10.2 Å². The number of carbonyl (C=O) groups excluding carboxylic acids is 1. The van der Waals surface area contributed by atoms with Crippen molar-refractivity contribution in [1.82, 2.24) is 4.98 Å². The molecule has 1 amide bonds. The van der Waals surface area contributed by atoms with Gasteiger partial charge in [-0.25, -0.2) is 4.98 Å². The number of nitrogens with zero attached hydrogens (tertiary/aromatic N) is 2. The van der Waals surface area contributed by atoms with E-state index in [4.69, 9.17) is 14.5 Å². The standard InChI is InChI=1S/C22H25N3O3S/c1-2-28-18-9-6-10-19-20(18)23-22(29-19)25(12-11-24-13-15-27-16-14-24)21(26)17-7-4-3-5-8-17/h3-10H,2,11-16H2,1H3/p+1. The van der Waals surface area contributed by atoms with E-state index in [1.165, 1.54) is 16.2 Å². The van der Waals surface area contributed by atoms with Crippen LogP contribution in [-0.4, -0.2) is 56.9 Å². The third-order valence-electron chi connectivity index (χ3n) is 5.06. The predicted molar refractivity (Wildman–Crippen MR) is 115 cm³/mol. The molecule has 1 aliphatic rings. The van der Waals surface area contributed by atoms with Gasteiger partial charge in [0.15, 0.2) is 5.13 Å². The maximum atomic E-state index is 13.3. The number of hydrogen-bond acceptors (Lipinski definition) is 5. The Hall–Kier alpha value is -2.48. The molecule has 29 heavy (non-hydrogen) atoms. The van der Waals surface area contributed by atoms with Crippen LogP contribution in [-0.2, 0) is 4.74 Å². The summed E-state index contributed by atoms with van der Waals surface area (Å²) in [6.07, 6.45) is 0. The number of ether oxygens (including phenoxy) is 2. The van der Waals surface area contributed by atoms with Gasteiger partial charge in [0.2, 0.25) is 0 Å². The van der Waals surface area contributed by atoms with E-state index in [2.05, 4.69) is 0 Å². The van der Waals surface area contributed by atoms with Gasteiger partial charge in [-0.2, -0.15) is 0 Å². The summed E-state index contributed by atoms with van der Waals surface area (Å²) in [5, 5.41) is 0.716. The molecule has 1 N–H and O–H groups in total. The lowest BCUT2D eigenvalue weighted by Crippen LogP contribution is -3.14. The van der Waals surface area contributed by atoms with Crippen LogP contribution in [0, 0.1) is 0 Å². The summed E-state index contributed by atoms with van der Waals surface area (Å²) in [7, 11) is 0. The highest BCUT2D eigenvalue weighted by Crippen LogP contribution is 2.34. The van der Waals surface area contributed by atoms with Crippen LogP contribution in [0.15, 0.2) is 48.5 Å². The first-order chi connectivity index (χ1) is 14.3. The van der Waals surface area contributed by atoms with Crippen LogP contribution < -0.4 is 14.5 Å². The Kier molecular flexibility index (Phi) is 6.39. The largest absolute Gasteiger partial charge is 0.492 e. The van der Waals surface area contributed by atoms with Gasteiger partial charge in [0.05, 0.1) is 37.6 Å². The number of thiazole rings is 1. The molecular formula is C22H26N3O3S+. The number of hydrogen-bond donors (Lipinski definition) is 1. The first-order valence-corrected chi connectivity index (χ1v) is 10.9. The zero-order valence-corrected chi connectivity index (χ0v) is 17.4. The van der Waals surface area contributed by atoms with Crippen molar-refractivity contribution in [1.29, 1.82) is 0 Å². The van der Waals surface area contributed by atoms with Gasteiger partial charge in [-0.3, -0.25) is 9.69 Å². The molecule has 0 aliphatic carbocycles. The molecule has 4 rings (SSSR count). The molecule has 0 unspecified atom stereocenters. The van der Waals surface area contributed by atoms with Gasteiger partial charge >= 0.3 is 0 Å². The summed E-state index contributed by atoms with van der Waals surface area (Å²) >= 11 is 1.54. The van der Waals surface area contributed by atoms with E-state index in [-0.39, 0.29) is 5.91 Å². The lowest BCUT2D eigenvalue weighted by Gasteiger charge is -2.26. The van der Waals surface area contributed by atoms with Crippen molar-refractivity contribution in [3.8, 4) is 5.75 Å². The number of morpholine rings is 1. The average molecular weight is 413 g/mol. The molecule has 1 aliphatic heterocycles. The summed E-state index contributed by atoms with van der Waals surface area (Å²) in [6.45, 7) is 7.54. The molecule has 1 saturated heterocycles. The van der Waals surface area contributed by atoms with Gasteiger partial charge in [-0.05, 0) is 31.2 Å². The smallest absolute Gasteiger partial charge is 0.260 e. The minimum atomic E-state index is -0.0183.